The van der Waals surface area contributed by atoms with E-state index in [1.807, 2.05) is 0 Å². The van der Waals surface area contributed by atoms with Crippen LogP contribution in [0.25, 0.3) is 22.3 Å². The third-order valence-electron chi connectivity index (χ3n) is 7.51. The van der Waals surface area contributed by atoms with E-state index in [-0.39, 0.29) is 40.6 Å². The van der Waals surface area contributed by atoms with Crippen LogP contribution in [0.1, 0.15) is 12.5 Å². The maximum Gasteiger partial charge on any atom is 0.259 e. The Kier molecular flexibility index (Phi) is 7.64. The van der Waals surface area contributed by atoms with Crippen LogP contribution in [0.5, 0.6) is 0 Å². The number of nitrogens with two attached hydrogens (primary N) is 2. The highest BCUT2D eigenvalue weighted by atomic mass is 32.7. The summed E-state index contributed by atoms with van der Waals surface area (Å²) in [5, 5.41) is 28.1. The number of hydrogen-bond donors (Lipinski definition) is 7. The summed E-state index contributed by atoms with van der Waals surface area (Å²) in [7, 11) is 0. The lowest BCUT2D eigenvalue weighted by Gasteiger charge is -2.35. The van der Waals surface area contributed by atoms with Crippen LogP contribution in [-0.2, 0) is 47.1 Å². The fourth-order valence-electron chi connectivity index (χ4n) is 5.45. The predicted molar refractivity (Wildman–Crippen MR) is 157 cm³/mol. The minimum Gasteiger partial charge on any atom is -0.673 e. The molecule has 0 aromatic carbocycles. The molecule has 4 aromatic rings. The molecule has 20 nitrogen and oxygen atoms in total. The van der Waals surface area contributed by atoms with Gasteiger partial charge in [0.1, 0.15) is 54.8 Å². The van der Waals surface area contributed by atoms with Crippen LogP contribution in [0.3, 0.4) is 0 Å². The molecule has 6 unspecified atom stereocenters. The summed E-state index contributed by atoms with van der Waals surface area (Å²) in [6.07, 6.45) is -1.85. The second-order valence-corrected chi connectivity index (χ2v) is 16.2. The van der Waals surface area contributed by atoms with Gasteiger partial charge in [0, 0.05) is 0 Å². The van der Waals surface area contributed by atoms with Gasteiger partial charge in [-0.05, 0) is 11.8 Å². The molecule has 24 heteroatoms. The van der Waals surface area contributed by atoms with Gasteiger partial charge in [-0.2, -0.15) is 0 Å². The predicted octanol–water partition coefficient (Wildman–Crippen LogP) is -1.82. The Hall–Kier alpha value is -2.43. The standard InChI is InChI=1S/C20H26N12O8P2S2/c21-15-11-17(25-3-23-15)31(5-27-11)19-13(33)9-7(39-19)1-37-41(35,43)30-10-8(2-38-42(36,44)29-9)40-20(14(10)34)32-6-28-12-16(22)24-4-26-18(12)32/h3-10,13-14,19-20,33-34H,1-2H2,(H2,21,23,25)(H2,22,24,26)(H2,29,36,44)(H2,30,35,43)/p-1/t7-,8-,9?,10?,13?,14?,19-,20-,41?,42?/m1/s1. The molecular formula is C20H25N12O8P2S2-. The lowest BCUT2D eigenvalue weighted by molar-refractivity contribution is -0.0467. The molecule has 236 valence electrons. The molecule has 3 aliphatic heterocycles. The van der Waals surface area contributed by atoms with Gasteiger partial charge in [-0.3, -0.25) is 14.2 Å². The number of rotatable bonds is 2. The smallest absolute Gasteiger partial charge is 0.259 e. The van der Waals surface area contributed by atoms with Crippen LogP contribution < -0.4 is 21.6 Å². The maximum absolute atomic E-state index is 13.5. The van der Waals surface area contributed by atoms with Gasteiger partial charge < -0.3 is 61.9 Å². The molecule has 9 N–H and O–H groups in total. The Morgan fingerprint density at radius 3 is 1.84 bits per heavy atom. The maximum atomic E-state index is 13.5. The van der Waals surface area contributed by atoms with E-state index in [1.54, 1.807) is 0 Å². The van der Waals surface area contributed by atoms with Crippen molar-refractivity contribution in [2.45, 2.75) is 49.0 Å². The minimum absolute atomic E-state index is 0.125. The van der Waals surface area contributed by atoms with Crippen molar-refractivity contribution >= 4 is 71.4 Å². The van der Waals surface area contributed by atoms with Gasteiger partial charge in [0.15, 0.2) is 35.4 Å². The van der Waals surface area contributed by atoms with Gasteiger partial charge in [-0.25, -0.2) is 35.0 Å². The summed E-state index contributed by atoms with van der Waals surface area (Å²) >= 11 is 10.6. The number of nitrogens with zero attached hydrogens (tertiary/aromatic N) is 8. The van der Waals surface area contributed by atoms with Gasteiger partial charge in [0.25, 0.3) is 6.64 Å². The molecule has 44 heavy (non-hydrogen) atoms. The first-order valence-electron chi connectivity index (χ1n) is 12.9. The van der Waals surface area contributed by atoms with Crippen LogP contribution in [0.2, 0.25) is 0 Å². The van der Waals surface area contributed by atoms with Crippen molar-refractivity contribution in [3.05, 3.63) is 25.3 Å². The number of aromatic nitrogens is 8. The van der Waals surface area contributed by atoms with Gasteiger partial charge in [-0.1, -0.05) is 0 Å². The molecule has 4 aromatic heterocycles. The highest BCUT2D eigenvalue weighted by molar-refractivity contribution is 8.33. The second kappa shape index (κ2) is 11.1. The van der Waals surface area contributed by atoms with Crippen molar-refractivity contribution in [3.63, 3.8) is 0 Å². The third kappa shape index (κ3) is 5.28. The topological polar surface area (TPSA) is 278 Å². The van der Waals surface area contributed by atoms with Crippen molar-refractivity contribution < 1.29 is 38.2 Å². The zero-order valence-electron chi connectivity index (χ0n) is 22.2. The number of imidazole rings is 2. The average molecular weight is 688 g/mol. The van der Waals surface area contributed by atoms with E-state index in [2.05, 4.69) is 40.1 Å². The highest BCUT2D eigenvalue weighted by Gasteiger charge is 2.50. The first-order chi connectivity index (χ1) is 20.9. The van der Waals surface area contributed by atoms with Crippen molar-refractivity contribution in [1.82, 2.24) is 49.2 Å². The molecule has 10 atom stereocenters. The van der Waals surface area contributed by atoms with E-state index >= 15 is 0 Å². The number of hydrogen-bond acceptors (Lipinski definition) is 17. The fraction of sp³-hybridized carbons (Fsp3) is 0.500. The molecule has 0 aliphatic carbocycles. The zero-order chi connectivity index (χ0) is 31.0. The van der Waals surface area contributed by atoms with E-state index < -0.39 is 68.9 Å². The van der Waals surface area contributed by atoms with Crippen LogP contribution >= 0.6 is 13.4 Å². The summed E-state index contributed by atoms with van der Waals surface area (Å²) in [5.74, 6) is 0.253. The molecule has 0 radical (unpaired) electrons. The zero-order valence-corrected chi connectivity index (χ0v) is 25.6. The number of ether oxygens (including phenoxy) is 2. The summed E-state index contributed by atoms with van der Waals surface area (Å²) in [5.41, 5.74) is 12.9. The average Bonchev–Trinajstić information content (AvgIpc) is 3.73. The quantitative estimate of drug-likeness (QED) is 0.0902. The summed E-state index contributed by atoms with van der Waals surface area (Å²) in [6, 6.07) is -2.20. The van der Waals surface area contributed by atoms with Crippen LogP contribution in [0.4, 0.5) is 11.6 Å². The van der Waals surface area contributed by atoms with Gasteiger partial charge >= 0.3 is 0 Å². The minimum atomic E-state index is -4.09. The summed E-state index contributed by atoms with van der Waals surface area (Å²) < 4.78 is 39.8. The van der Waals surface area contributed by atoms with Crippen LogP contribution in [0, 0.1) is 0 Å². The molecular weight excluding hydrogens is 662 g/mol. The van der Waals surface area contributed by atoms with Crippen molar-refractivity contribution in [3.8, 4) is 0 Å². The normalized spacial score (nSPS) is 38.3. The first-order valence-corrected chi connectivity index (χ1v) is 18.2. The molecule has 7 heterocycles. The molecule has 3 saturated heterocycles. The van der Waals surface area contributed by atoms with Crippen molar-refractivity contribution in [2.24, 2.45) is 0 Å². The summed E-state index contributed by atoms with van der Waals surface area (Å²) in [6.45, 7) is -8.75. The number of nitrogen functional groups attached to an aromatic ring is 2. The Bertz CT molecular complexity index is 1700. The second-order valence-electron chi connectivity index (χ2n) is 10.2. The SMILES string of the molecule is Nc1ncnc2c1ncn2[C@@H]1O[C@@H]2COP(O)(=S)NC3C(O)[C@H](n4cnc5c(N)ncnc54)O[C@@H]3COP(=O)([S-])NC2C1O. The van der Waals surface area contributed by atoms with Crippen LogP contribution in [-0.4, -0.2) is 104 Å². The number of anilines is 2. The van der Waals surface area contributed by atoms with E-state index in [0.29, 0.717) is 0 Å². The van der Waals surface area contributed by atoms with Crippen LogP contribution in [0.15, 0.2) is 25.3 Å². The largest absolute Gasteiger partial charge is 0.673 e. The fourth-order valence-corrected chi connectivity index (χ4v) is 8.77. The van der Waals surface area contributed by atoms with Gasteiger partial charge in [-0.15, -0.1) is 0 Å². The lowest BCUT2D eigenvalue weighted by atomic mass is 10.1. The van der Waals surface area contributed by atoms with E-state index in [4.69, 9.17) is 54.0 Å². The van der Waals surface area contributed by atoms with E-state index in [0.717, 1.165) is 0 Å². The molecule has 0 spiro atoms. The molecule has 3 aliphatic rings. The van der Waals surface area contributed by atoms with E-state index in [1.165, 1.54) is 34.4 Å². The monoisotopic (exact) mass is 687 g/mol. The Labute approximate surface area is 257 Å². The molecule has 0 bridgehead atoms. The molecule has 0 saturated carbocycles. The molecule has 0 amide bonds. The number of fused-ring (bicyclic) bond motifs is 4. The number of aliphatic hydroxyl groups excluding tert-OH is 2. The van der Waals surface area contributed by atoms with Gasteiger partial charge in [0.2, 0.25) is 0 Å². The third-order valence-corrected chi connectivity index (χ3v) is 11.0. The van der Waals surface area contributed by atoms with E-state index in [9.17, 15) is 19.7 Å². The van der Waals surface area contributed by atoms with Crippen molar-refractivity contribution in [1.29, 1.82) is 0 Å². The molecule has 3 fully saturated rings. The molecule has 7 rings (SSSR count). The Morgan fingerprint density at radius 2 is 1.32 bits per heavy atom. The van der Waals surface area contributed by atoms with Crippen molar-refractivity contribution in [2.75, 3.05) is 24.7 Å². The first kappa shape index (κ1) is 30.2. The Balaban J connectivity index is 1.17. The number of nitrogens with one attached hydrogen (secondary N) is 2. The van der Waals surface area contributed by atoms with Gasteiger partial charge in [0.05, 0.1) is 38.0 Å². The highest BCUT2D eigenvalue weighted by Crippen LogP contribution is 2.48. The summed E-state index contributed by atoms with van der Waals surface area (Å²) in [4.78, 5) is 35.7. The lowest BCUT2D eigenvalue weighted by Crippen LogP contribution is -2.47. The number of aliphatic hydroxyl groups is 2. The Morgan fingerprint density at radius 1 is 0.841 bits per heavy atom.